The molecule has 0 aromatic heterocycles. The van der Waals surface area contributed by atoms with E-state index in [2.05, 4.69) is 21.9 Å². The first-order chi connectivity index (χ1) is 16.1. The number of methoxy groups -OCH3 is 1. The maximum absolute atomic E-state index is 14.3. The van der Waals surface area contributed by atoms with Crippen LogP contribution in [0.25, 0.3) is 0 Å². The molecule has 0 bridgehead atoms. The second-order valence-electron chi connectivity index (χ2n) is 9.05. The SMILES string of the molecule is COc1ccc(C2CN(C(=O)c3ccccc3)C3CCN(Cc4ccccc4F)CC23)cc1. The molecule has 0 N–H and O–H groups in total. The minimum atomic E-state index is -0.154. The zero-order valence-corrected chi connectivity index (χ0v) is 18.9. The fourth-order valence-corrected chi connectivity index (χ4v) is 5.50. The van der Waals surface area contributed by atoms with Crippen molar-refractivity contribution in [2.75, 3.05) is 26.7 Å². The van der Waals surface area contributed by atoms with Crippen molar-refractivity contribution < 1.29 is 13.9 Å². The van der Waals surface area contributed by atoms with Gasteiger partial charge in [0.2, 0.25) is 0 Å². The number of piperidine rings is 1. The summed E-state index contributed by atoms with van der Waals surface area (Å²) >= 11 is 0. The molecule has 33 heavy (non-hydrogen) atoms. The summed E-state index contributed by atoms with van der Waals surface area (Å²) < 4.78 is 19.6. The molecular weight excluding hydrogens is 415 g/mol. The lowest BCUT2D eigenvalue weighted by atomic mass is 9.81. The third-order valence-corrected chi connectivity index (χ3v) is 7.19. The van der Waals surface area contributed by atoms with Gasteiger partial charge in [-0.1, -0.05) is 48.5 Å². The molecule has 1 amide bonds. The van der Waals surface area contributed by atoms with Crippen molar-refractivity contribution in [3.63, 3.8) is 0 Å². The Bertz CT molecular complexity index is 1100. The van der Waals surface area contributed by atoms with Crippen LogP contribution in [0.15, 0.2) is 78.9 Å². The van der Waals surface area contributed by atoms with Crippen molar-refractivity contribution in [3.8, 4) is 5.75 Å². The van der Waals surface area contributed by atoms with Gasteiger partial charge >= 0.3 is 0 Å². The van der Waals surface area contributed by atoms with Crippen LogP contribution >= 0.6 is 0 Å². The quantitative estimate of drug-likeness (QED) is 0.557. The molecule has 4 nitrogen and oxygen atoms in total. The van der Waals surface area contributed by atoms with Crippen LogP contribution in [-0.4, -0.2) is 48.5 Å². The molecule has 3 unspecified atom stereocenters. The molecule has 0 aliphatic carbocycles. The Morgan fingerprint density at radius 1 is 0.970 bits per heavy atom. The van der Waals surface area contributed by atoms with Crippen molar-refractivity contribution in [1.29, 1.82) is 0 Å². The van der Waals surface area contributed by atoms with Crippen molar-refractivity contribution in [2.24, 2.45) is 5.92 Å². The lowest BCUT2D eigenvalue weighted by Gasteiger charge is -2.39. The first-order valence-corrected chi connectivity index (χ1v) is 11.6. The Morgan fingerprint density at radius 3 is 2.42 bits per heavy atom. The van der Waals surface area contributed by atoms with Gasteiger partial charge in [0, 0.05) is 55.2 Å². The summed E-state index contributed by atoms with van der Waals surface area (Å²) in [5.74, 6) is 1.31. The average Bonchev–Trinajstić information content (AvgIpc) is 3.24. The van der Waals surface area contributed by atoms with E-state index >= 15 is 0 Å². The molecule has 170 valence electrons. The number of hydrogen-bond donors (Lipinski definition) is 0. The van der Waals surface area contributed by atoms with Gasteiger partial charge in [0.1, 0.15) is 11.6 Å². The predicted molar refractivity (Wildman–Crippen MR) is 127 cm³/mol. The zero-order chi connectivity index (χ0) is 22.8. The number of likely N-dealkylation sites (tertiary alicyclic amines) is 2. The number of amides is 1. The fourth-order valence-electron chi connectivity index (χ4n) is 5.50. The van der Waals surface area contributed by atoms with Gasteiger partial charge < -0.3 is 9.64 Å². The Morgan fingerprint density at radius 2 is 1.70 bits per heavy atom. The van der Waals surface area contributed by atoms with Gasteiger partial charge in [0.15, 0.2) is 0 Å². The van der Waals surface area contributed by atoms with Crippen LogP contribution in [0.4, 0.5) is 4.39 Å². The number of halogens is 1. The second-order valence-corrected chi connectivity index (χ2v) is 9.05. The van der Waals surface area contributed by atoms with E-state index < -0.39 is 0 Å². The Hall–Kier alpha value is -3.18. The van der Waals surface area contributed by atoms with Gasteiger partial charge in [-0.2, -0.15) is 0 Å². The van der Waals surface area contributed by atoms with Gasteiger partial charge in [-0.15, -0.1) is 0 Å². The summed E-state index contributed by atoms with van der Waals surface area (Å²) in [6.07, 6.45) is 0.893. The molecule has 0 radical (unpaired) electrons. The van der Waals surface area contributed by atoms with Crippen molar-refractivity contribution in [3.05, 3.63) is 101 Å². The van der Waals surface area contributed by atoms with E-state index in [0.29, 0.717) is 19.0 Å². The van der Waals surface area contributed by atoms with Gasteiger partial charge in [0.25, 0.3) is 5.91 Å². The number of carbonyl (C=O) groups excluding carboxylic acids is 1. The molecule has 2 saturated heterocycles. The Kier molecular flexibility index (Phi) is 6.14. The van der Waals surface area contributed by atoms with Gasteiger partial charge in [-0.3, -0.25) is 9.69 Å². The largest absolute Gasteiger partial charge is 0.497 e. The molecule has 5 heteroatoms. The minimum Gasteiger partial charge on any atom is -0.497 e. The fraction of sp³-hybridized carbons (Fsp3) is 0.321. The lowest BCUT2D eigenvalue weighted by molar-refractivity contribution is 0.0613. The first kappa shape index (κ1) is 21.7. The number of hydrogen-bond acceptors (Lipinski definition) is 3. The molecule has 3 atom stereocenters. The summed E-state index contributed by atoms with van der Waals surface area (Å²) in [4.78, 5) is 17.9. The number of rotatable bonds is 5. The molecule has 0 saturated carbocycles. The average molecular weight is 445 g/mol. The molecule has 3 aromatic rings. The van der Waals surface area contributed by atoms with Gasteiger partial charge in [-0.25, -0.2) is 4.39 Å². The van der Waals surface area contributed by atoms with Crippen LogP contribution in [-0.2, 0) is 6.54 Å². The van der Waals surface area contributed by atoms with Gasteiger partial charge in [-0.05, 0) is 42.3 Å². The summed E-state index contributed by atoms with van der Waals surface area (Å²) in [5, 5.41) is 0. The minimum absolute atomic E-state index is 0.101. The smallest absolute Gasteiger partial charge is 0.254 e. The molecule has 2 aliphatic rings. The van der Waals surface area contributed by atoms with E-state index in [0.717, 1.165) is 36.4 Å². The molecule has 3 aromatic carbocycles. The number of benzene rings is 3. The van der Waals surface area contributed by atoms with E-state index in [1.165, 1.54) is 11.6 Å². The Balaban J connectivity index is 1.42. The molecule has 0 spiro atoms. The highest BCUT2D eigenvalue weighted by molar-refractivity contribution is 5.94. The number of fused-ring (bicyclic) bond motifs is 1. The van der Waals surface area contributed by atoms with Crippen LogP contribution in [0.5, 0.6) is 5.75 Å². The van der Waals surface area contributed by atoms with E-state index in [4.69, 9.17) is 4.74 Å². The monoisotopic (exact) mass is 444 g/mol. The third kappa shape index (κ3) is 4.38. The predicted octanol–water partition coefficient (Wildman–Crippen LogP) is 4.96. The van der Waals surface area contributed by atoms with Crippen molar-refractivity contribution in [1.82, 2.24) is 9.80 Å². The topological polar surface area (TPSA) is 32.8 Å². The summed E-state index contributed by atoms with van der Waals surface area (Å²) in [7, 11) is 1.67. The standard InChI is InChI=1S/C28H29FN2O2/c1-33-23-13-11-20(12-14-23)24-19-31(28(32)21-7-3-2-4-8-21)27-15-16-30(18-25(24)27)17-22-9-5-6-10-26(22)29/h2-14,24-25,27H,15-19H2,1H3. The number of ether oxygens (including phenoxy) is 1. The third-order valence-electron chi connectivity index (χ3n) is 7.19. The van der Waals surface area contributed by atoms with Crippen LogP contribution < -0.4 is 4.74 Å². The highest BCUT2D eigenvalue weighted by Crippen LogP contribution is 2.42. The summed E-state index contributed by atoms with van der Waals surface area (Å²) in [6.45, 7) is 2.98. The number of nitrogens with zero attached hydrogens (tertiary/aromatic N) is 2. The molecule has 5 rings (SSSR count). The molecular formula is C28H29FN2O2. The lowest BCUT2D eigenvalue weighted by Crippen LogP contribution is -2.47. The highest BCUT2D eigenvalue weighted by Gasteiger charge is 2.47. The molecule has 2 fully saturated rings. The second kappa shape index (κ2) is 9.36. The first-order valence-electron chi connectivity index (χ1n) is 11.6. The van der Waals surface area contributed by atoms with Crippen molar-refractivity contribution >= 4 is 5.91 Å². The number of carbonyl (C=O) groups is 1. The van der Waals surface area contributed by atoms with E-state index in [9.17, 15) is 9.18 Å². The van der Waals surface area contributed by atoms with Crippen LogP contribution in [0.2, 0.25) is 0 Å². The van der Waals surface area contributed by atoms with E-state index in [1.807, 2.05) is 54.6 Å². The van der Waals surface area contributed by atoms with Crippen LogP contribution in [0, 0.1) is 11.7 Å². The molecule has 2 aliphatic heterocycles. The normalized spacial score (nSPS) is 22.7. The van der Waals surface area contributed by atoms with Crippen LogP contribution in [0.3, 0.4) is 0 Å². The van der Waals surface area contributed by atoms with Crippen LogP contribution in [0.1, 0.15) is 33.8 Å². The van der Waals surface area contributed by atoms with Crippen molar-refractivity contribution in [2.45, 2.75) is 24.9 Å². The van der Waals surface area contributed by atoms with Gasteiger partial charge in [0.05, 0.1) is 7.11 Å². The van der Waals surface area contributed by atoms with E-state index in [1.54, 1.807) is 13.2 Å². The summed E-state index contributed by atoms with van der Waals surface area (Å²) in [6, 6.07) is 25.0. The highest BCUT2D eigenvalue weighted by atomic mass is 19.1. The maximum Gasteiger partial charge on any atom is 0.254 e. The Labute approximate surface area is 194 Å². The van der Waals surface area contributed by atoms with E-state index in [-0.39, 0.29) is 23.7 Å². The zero-order valence-electron chi connectivity index (χ0n) is 18.9. The summed E-state index contributed by atoms with van der Waals surface area (Å²) in [5.41, 5.74) is 2.69. The molecule has 2 heterocycles. The maximum atomic E-state index is 14.3.